The number of hydrogen-bond acceptors (Lipinski definition) is 3. The van der Waals surface area contributed by atoms with Crippen molar-refractivity contribution >= 4 is 24.2 Å². The number of piperidine rings is 1. The molecule has 2 unspecified atom stereocenters. The summed E-state index contributed by atoms with van der Waals surface area (Å²) >= 11 is 2.01. The van der Waals surface area contributed by atoms with E-state index in [9.17, 15) is 5.11 Å². The number of nitrogens with one attached hydrogen (secondary N) is 1. The molecule has 0 aromatic rings. The molecule has 0 saturated carbocycles. The molecule has 2 saturated heterocycles. The molecule has 2 atom stereocenters. The van der Waals surface area contributed by atoms with Gasteiger partial charge >= 0.3 is 0 Å². The van der Waals surface area contributed by atoms with Gasteiger partial charge < -0.3 is 10.4 Å². The summed E-state index contributed by atoms with van der Waals surface area (Å²) in [6.07, 6.45) is 3.11. The van der Waals surface area contributed by atoms with Gasteiger partial charge in [0.05, 0.1) is 6.10 Å². The van der Waals surface area contributed by atoms with Gasteiger partial charge in [-0.3, -0.25) is 0 Å². The lowest BCUT2D eigenvalue weighted by atomic mass is 9.87. The lowest BCUT2D eigenvalue weighted by Gasteiger charge is -2.36. The van der Waals surface area contributed by atoms with Crippen LogP contribution in [0.3, 0.4) is 0 Å². The maximum Gasteiger partial charge on any atom is 0.0570 e. The van der Waals surface area contributed by atoms with Gasteiger partial charge in [-0.1, -0.05) is 0 Å². The van der Waals surface area contributed by atoms with Crippen LogP contribution in [0.15, 0.2) is 0 Å². The Hall–Kier alpha value is 0.560. The van der Waals surface area contributed by atoms with Crippen LogP contribution in [0, 0.1) is 0 Å². The fourth-order valence-corrected chi connectivity index (χ4v) is 3.47. The fraction of sp³-hybridized carbons (Fsp3) is 1.00. The van der Waals surface area contributed by atoms with E-state index in [1.807, 2.05) is 11.8 Å². The van der Waals surface area contributed by atoms with Crippen LogP contribution in [-0.2, 0) is 0 Å². The summed E-state index contributed by atoms with van der Waals surface area (Å²) in [5.41, 5.74) is 0.308. The lowest BCUT2D eigenvalue weighted by molar-refractivity contribution is 0.0871. The third-order valence-electron chi connectivity index (χ3n) is 2.71. The molecule has 1 spiro atoms. The normalized spacial score (nSPS) is 41.2. The monoisotopic (exact) mass is 209 g/mol. The van der Waals surface area contributed by atoms with Gasteiger partial charge in [-0.25, -0.2) is 0 Å². The van der Waals surface area contributed by atoms with Crippen molar-refractivity contribution in [1.82, 2.24) is 5.32 Å². The minimum Gasteiger partial charge on any atom is -0.393 e. The molecule has 0 radical (unpaired) electrons. The second kappa shape index (κ2) is 4.18. The van der Waals surface area contributed by atoms with Crippen LogP contribution < -0.4 is 5.32 Å². The van der Waals surface area contributed by atoms with Crippen molar-refractivity contribution in [2.45, 2.75) is 30.9 Å². The molecule has 2 aliphatic rings. The molecule has 0 bridgehead atoms. The molecule has 72 valence electrons. The zero-order valence-electron chi connectivity index (χ0n) is 7.08. The van der Waals surface area contributed by atoms with Gasteiger partial charge in [-0.05, 0) is 31.6 Å². The molecule has 2 nitrogen and oxygen atoms in total. The van der Waals surface area contributed by atoms with Crippen LogP contribution in [-0.4, -0.2) is 34.8 Å². The van der Waals surface area contributed by atoms with Crippen LogP contribution in [0.4, 0.5) is 0 Å². The molecular formula is C8H16ClNOS. The van der Waals surface area contributed by atoms with Crippen molar-refractivity contribution in [3.05, 3.63) is 0 Å². The first-order valence-corrected chi connectivity index (χ1v) is 5.47. The molecule has 4 heteroatoms. The first-order valence-electron chi connectivity index (χ1n) is 4.32. The lowest BCUT2D eigenvalue weighted by Crippen LogP contribution is -2.52. The van der Waals surface area contributed by atoms with Crippen LogP contribution >= 0.6 is 24.2 Å². The SMILES string of the molecule is Cl.OC1CCNC2(CCSC2)C1. The van der Waals surface area contributed by atoms with Crippen LogP contribution in [0.25, 0.3) is 0 Å². The molecule has 0 amide bonds. The minimum atomic E-state index is -0.0463. The van der Waals surface area contributed by atoms with E-state index < -0.39 is 0 Å². The third kappa shape index (κ3) is 2.08. The Labute approximate surface area is 83.9 Å². The highest BCUT2D eigenvalue weighted by Gasteiger charge is 2.38. The van der Waals surface area contributed by atoms with Gasteiger partial charge in [0.2, 0.25) is 0 Å². The molecule has 2 fully saturated rings. The Morgan fingerprint density at radius 2 is 2.33 bits per heavy atom. The highest BCUT2D eigenvalue weighted by Crippen LogP contribution is 2.34. The van der Waals surface area contributed by atoms with Crippen molar-refractivity contribution in [2.75, 3.05) is 18.1 Å². The molecule has 2 aliphatic heterocycles. The molecule has 12 heavy (non-hydrogen) atoms. The summed E-state index contributed by atoms with van der Waals surface area (Å²) in [7, 11) is 0. The first-order chi connectivity index (χ1) is 5.31. The third-order valence-corrected chi connectivity index (χ3v) is 3.96. The van der Waals surface area contributed by atoms with Crippen LogP contribution in [0.2, 0.25) is 0 Å². The summed E-state index contributed by atoms with van der Waals surface area (Å²) in [4.78, 5) is 0. The number of halogens is 1. The van der Waals surface area contributed by atoms with Crippen molar-refractivity contribution in [3.63, 3.8) is 0 Å². The number of aliphatic hydroxyl groups is 1. The predicted octanol–water partition coefficient (Wildman–Crippen LogP) is 1.03. The fourth-order valence-electron chi connectivity index (χ4n) is 2.04. The Balaban J connectivity index is 0.000000720. The van der Waals surface area contributed by atoms with E-state index in [4.69, 9.17) is 0 Å². The summed E-state index contributed by atoms with van der Waals surface area (Å²) < 4.78 is 0. The highest BCUT2D eigenvalue weighted by molar-refractivity contribution is 7.99. The van der Waals surface area contributed by atoms with E-state index in [-0.39, 0.29) is 18.5 Å². The van der Waals surface area contributed by atoms with Gasteiger partial charge in [-0.15, -0.1) is 12.4 Å². The molecule has 2 rings (SSSR count). The highest BCUT2D eigenvalue weighted by atomic mass is 35.5. The van der Waals surface area contributed by atoms with Crippen molar-refractivity contribution in [2.24, 2.45) is 0 Å². The Bertz CT molecular complexity index is 150. The molecule has 2 heterocycles. The zero-order chi connectivity index (χ0) is 7.73. The average molecular weight is 210 g/mol. The largest absolute Gasteiger partial charge is 0.393 e. The van der Waals surface area contributed by atoms with Gasteiger partial charge in [0.1, 0.15) is 0 Å². The van der Waals surface area contributed by atoms with Gasteiger partial charge in [-0.2, -0.15) is 11.8 Å². The zero-order valence-corrected chi connectivity index (χ0v) is 8.72. The first kappa shape index (κ1) is 10.6. The number of hydrogen-bond donors (Lipinski definition) is 2. The topological polar surface area (TPSA) is 32.3 Å². The maximum absolute atomic E-state index is 9.49. The van der Waals surface area contributed by atoms with Gasteiger partial charge in [0.15, 0.2) is 0 Å². The predicted molar refractivity (Wildman–Crippen MR) is 55.2 cm³/mol. The standard InChI is InChI=1S/C8H15NOS.ClH/c10-7-1-3-9-8(5-7)2-4-11-6-8;/h7,9-10H,1-6H2;1H. The van der Waals surface area contributed by atoms with Crippen molar-refractivity contribution in [3.8, 4) is 0 Å². The van der Waals surface area contributed by atoms with Crippen molar-refractivity contribution < 1.29 is 5.11 Å². The smallest absolute Gasteiger partial charge is 0.0570 e. The van der Waals surface area contributed by atoms with E-state index >= 15 is 0 Å². The maximum atomic E-state index is 9.49. The van der Waals surface area contributed by atoms with E-state index in [0.717, 1.165) is 19.4 Å². The van der Waals surface area contributed by atoms with Crippen LogP contribution in [0.1, 0.15) is 19.3 Å². The Morgan fingerprint density at radius 3 is 2.92 bits per heavy atom. The van der Waals surface area contributed by atoms with E-state index in [2.05, 4.69) is 5.32 Å². The number of thioether (sulfide) groups is 1. The second-order valence-electron chi connectivity index (χ2n) is 3.66. The van der Waals surface area contributed by atoms with Crippen molar-refractivity contribution in [1.29, 1.82) is 0 Å². The average Bonchev–Trinajstić information content (AvgIpc) is 2.37. The van der Waals surface area contributed by atoms with E-state index in [1.54, 1.807) is 0 Å². The molecule has 0 aromatic carbocycles. The van der Waals surface area contributed by atoms with Gasteiger partial charge in [0.25, 0.3) is 0 Å². The van der Waals surface area contributed by atoms with Crippen LogP contribution in [0.5, 0.6) is 0 Å². The molecule has 0 aliphatic carbocycles. The second-order valence-corrected chi connectivity index (χ2v) is 4.76. The molecular weight excluding hydrogens is 194 g/mol. The molecule has 0 aromatic heterocycles. The summed E-state index contributed by atoms with van der Waals surface area (Å²) in [5.74, 6) is 2.46. The number of aliphatic hydroxyl groups excluding tert-OH is 1. The summed E-state index contributed by atoms with van der Waals surface area (Å²) in [6, 6.07) is 0. The minimum absolute atomic E-state index is 0. The summed E-state index contributed by atoms with van der Waals surface area (Å²) in [6.45, 7) is 1.00. The number of rotatable bonds is 0. The quantitative estimate of drug-likeness (QED) is 0.625. The van der Waals surface area contributed by atoms with E-state index in [0.29, 0.717) is 5.54 Å². The Morgan fingerprint density at radius 1 is 1.50 bits per heavy atom. The van der Waals surface area contributed by atoms with Gasteiger partial charge in [0, 0.05) is 11.3 Å². The van der Waals surface area contributed by atoms with E-state index in [1.165, 1.54) is 17.9 Å². The summed E-state index contributed by atoms with van der Waals surface area (Å²) in [5, 5.41) is 13.0. The Kier molecular flexibility index (Phi) is 3.71. The molecule has 2 N–H and O–H groups in total.